The highest BCUT2D eigenvalue weighted by atomic mass is 16.5. The standard InChI is InChI=1S/C6H5O/c1-2-4-6-7-5-3-1/h1-5H. The van der Waals surface area contributed by atoms with Gasteiger partial charge in [0, 0.05) is 0 Å². The number of hydrogen-bond donors (Lipinski definition) is 0. The molecule has 7 heavy (non-hydrogen) atoms. The van der Waals surface area contributed by atoms with Crippen molar-refractivity contribution >= 4 is 0 Å². The molecule has 0 fully saturated rings. The number of ether oxygens (including phenoxy) is 1. The molecular weight excluding hydrogens is 88.1 g/mol. The summed E-state index contributed by atoms with van der Waals surface area (Å²) >= 11 is 0. The van der Waals surface area contributed by atoms with Crippen molar-refractivity contribution in [1.29, 1.82) is 0 Å². The van der Waals surface area contributed by atoms with Crippen LogP contribution in [0.1, 0.15) is 0 Å². The molecule has 1 nitrogen and oxygen atoms in total. The Bertz CT molecular complexity index is 106. The van der Waals surface area contributed by atoms with Crippen molar-refractivity contribution in [2.24, 2.45) is 0 Å². The van der Waals surface area contributed by atoms with Gasteiger partial charge in [0.25, 0.3) is 0 Å². The molecule has 0 aliphatic carbocycles. The molecule has 0 aromatic carbocycles. The summed E-state index contributed by atoms with van der Waals surface area (Å²) in [6, 6.07) is 0. The molecule has 0 spiro atoms. The number of rotatable bonds is 0. The van der Waals surface area contributed by atoms with Crippen molar-refractivity contribution < 1.29 is 4.74 Å². The van der Waals surface area contributed by atoms with Gasteiger partial charge in [-0.1, -0.05) is 12.2 Å². The Hall–Kier alpha value is -0.980. The van der Waals surface area contributed by atoms with Crippen LogP contribution in [0.5, 0.6) is 0 Å². The lowest BCUT2D eigenvalue weighted by atomic mass is 10.5. The summed E-state index contributed by atoms with van der Waals surface area (Å²) in [6.07, 6.45) is 11.4. The van der Waals surface area contributed by atoms with Crippen LogP contribution in [-0.2, 0) is 4.74 Å². The summed E-state index contributed by atoms with van der Waals surface area (Å²) in [7, 11) is 0. The number of allylic oxidation sites excluding steroid dienone is 4. The average Bonchev–Trinajstić information content (AvgIpc) is 1.90. The van der Waals surface area contributed by atoms with Crippen molar-refractivity contribution in [2.45, 2.75) is 0 Å². The predicted octanol–water partition coefficient (Wildman–Crippen LogP) is 1.40. The molecule has 0 saturated carbocycles. The van der Waals surface area contributed by atoms with Crippen LogP contribution >= 0.6 is 0 Å². The lowest BCUT2D eigenvalue weighted by molar-refractivity contribution is 0.377. The van der Waals surface area contributed by atoms with E-state index in [9.17, 15) is 0 Å². The SMILES string of the molecule is [C]1=CC=CC=CO1. The second-order valence-corrected chi connectivity index (χ2v) is 1.12. The van der Waals surface area contributed by atoms with Crippen LogP contribution < -0.4 is 0 Å². The van der Waals surface area contributed by atoms with Crippen LogP contribution in [0.2, 0.25) is 0 Å². The Kier molecular flexibility index (Phi) is 1.34. The highest BCUT2D eigenvalue weighted by molar-refractivity contribution is 5.09. The van der Waals surface area contributed by atoms with Gasteiger partial charge < -0.3 is 4.74 Å². The smallest absolute Gasteiger partial charge is 0.168 e. The molecule has 0 atom stereocenters. The van der Waals surface area contributed by atoms with Gasteiger partial charge in [-0.15, -0.1) is 0 Å². The summed E-state index contributed by atoms with van der Waals surface area (Å²) in [5.74, 6) is 0. The predicted molar refractivity (Wildman–Crippen MR) is 27.2 cm³/mol. The molecule has 1 aliphatic heterocycles. The van der Waals surface area contributed by atoms with Gasteiger partial charge in [-0.05, 0) is 12.2 Å². The Labute approximate surface area is 42.6 Å². The minimum atomic E-state index is 1.57. The van der Waals surface area contributed by atoms with Crippen LogP contribution in [0.25, 0.3) is 0 Å². The first kappa shape index (κ1) is 4.19. The maximum atomic E-state index is 4.65. The molecule has 1 heteroatoms. The Morgan fingerprint density at radius 1 is 1.14 bits per heavy atom. The van der Waals surface area contributed by atoms with Gasteiger partial charge in [-0.25, -0.2) is 0 Å². The van der Waals surface area contributed by atoms with Crippen LogP contribution in [0.4, 0.5) is 0 Å². The fraction of sp³-hybridized carbons (Fsp3) is 0. The molecule has 1 radical (unpaired) electrons. The monoisotopic (exact) mass is 93.0 g/mol. The number of hydrogen-bond acceptors (Lipinski definition) is 1. The van der Waals surface area contributed by atoms with E-state index in [4.69, 9.17) is 0 Å². The Balaban J connectivity index is 2.60. The lowest BCUT2D eigenvalue weighted by Gasteiger charge is -1.77. The molecule has 1 rings (SSSR count). The second kappa shape index (κ2) is 2.24. The van der Waals surface area contributed by atoms with E-state index < -0.39 is 0 Å². The molecule has 35 valence electrons. The van der Waals surface area contributed by atoms with Crippen LogP contribution in [0.3, 0.4) is 0 Å². The molecule has 0 aromatic heterocycles. The first-order valence-corrected chi connectivity index (χ1v) is 2.06. The second-order valence-electron chi connectivity index (χ2n) is 1.12. The maximum Gasteiger partial charge on any atom is 0.168 e. The van der Waals surface area contributed by atoms with Crippen molar-refractivity contribution in [3.8, 4) is 0 Å². The molecule has 0 aromatic rings. The van der Waals surface area contributed by atoms with Crippen LogP contribution in [0, 0.1) is 6.26 Å². The van der Waals surface area contributed by atoms with E-state index in [2.05, 4.69) is 11.0 Å². The fourth-order valence-corrected chi connectivity index (χ4v) is 0.322. The van der Waals surface area contributed by atoms with Crippen molar-refractivity contribution in [3.05, 3.63) is 36.8 Å². The third-order valence-corrected chi connectivity index (χ3v) is 0.601. The molecule has 0 bridgehead atoms. The van der Waals surface area contributed by atoms with Crippen molar-refractivity contribution in [1.82, 2.24) is 0 Å². The summed E-state index contributed by atoms with van der Waals surface area (Å²) in [6.45, 7) is 0. The third-order valence-electron chi connectivity index (χ3n) is 0.601. The summed E-state index contributed by atoms with van der Waals surface area (Å²) in [4.78, 5) is 0. The zero-order valence-corrected chi connectivity index (χ0v) is 3.79. The largest absolute Gasteiger partial charge is 0.461 e. The molecule has 0 amide bonds. The Morgan fingerprint density at radius 3 is 3.14 bits per heavy atom. The van der Waals surface area contributed by atoms with Gasteiger partial charge >= 0.3 is 0 Å². The van der Waals surface area contributed by atoms with E-state index in [1.54, 1.807) is 18.4 Å². The average molecular weight is 93.1 g/mol. The van der Waals surface area contributed by atoms with Gasteiger partial charge in [0.15, 0.2) is 6.26 Å². The highest BCUT2D eigenvalue weighted by Crippen LogP contribution is 1.87. The topological polar surface area (TPSA) is 9.23 Å². The van der Waals surface area contributed by atoms with E-state index in [1.165, 1.54) is 0 Å². The van der Waals surface area contributed by atoms with Gasteiger partial charge in [-0.2, -0.15) is 0 Å². The zero-order valence-electron chi connectivity index (χ0n) is 3.79. The molecule has 0 N–H and O–H groups in total. The normalized spacial score (nSPS) is 16.0. The van der Waals surface area contributed by atoms with Gasteiger partial charge in [0.05, 0.1) is 6.26 Å². The van der Waals surface area contributed by atoms with E-state index in [0.29, 0.717) is 0 Å². The third kappa shape index (κ3) is 1.26. The van der Waals surface area contributed by atoms with E-state index in [1.807, 2.05) is 12.2 Å². The van der Waals surface area contributed by atoms with Crippen molar-refractivity contribution in [3.63, 3.8) is 0 Å². The first-order valence-electron chi connectivity index (χ1n) is 2.06. The summed E-state index contributed by atoms with van der Waals surface area (Å²) in [5.41, 5.74) is 0. The minimum absolute atomic E-state index is 1.57. The molecule has 1 aliphatic rings. The molecule has 0 saturated heterocycles. The molecular formula is C6H5O. The maximum absolute atomic E-state index is 4.65. The van der Waals surface area contributed by atoms with E-state index >= 15 is 0 Å². The zero-order chi connectivity index (χ0) is 4.95. The van der Waals surface area contributed by atoms with Gasteiger partial charge in [0.1, 0.15) is 0 Å². The van der Waals surface area contributed by atoms with E-state index in [0.717, 1.165) is 0 Å². The van der Waals surface area contributed by atoms with Crippen molar-refractivity contribution in [2.75, 3.05) is 0 Å². The minimum Gasteiger partial charge on any atom is -0.461 e. The van der Waals surface area contributed by atoms with Crippen LogP contribution in [-0.4, -0.2) is 0 Å². The van der Waals surface area contributed by atoms with Gasteiger partial charge in [0.2, 0.25) is 0 Å². The van der Waals surface area contributed by atoms with E-state index in [-0.39, 0.29) is 0 Å². The molecule has 1 heterocycles. The highest BCUT2D eigenvalue weighted by Gasteiger charge is 1.71. The Morgan fingerprint density at radius 2 is 2.14 bits per heavy atom. The molecule has 0 unspecified atom stereocenters. The quantitative estimate of drug-likeness (QED) is 0.440. The lowest BCUT2D eigenvalue weighted by Crippen LogP contribution is -1.58. The fourth-order valence-electron chi connectivity index (χ4n) is 0.322. The summed E-state index contributed by atoms with van der Waals surface area (Å²) < 4.78 is 4.65. The van der Waals surface area contributed by atoms with Crippen LogP contribution in [0.15, 0.2) is 30.6 Å². The first-order chi connectivity index (χ1) is 3.50. The van der Waals surface area contributed by atoms with Gasteiger partial charge in [-0.3, -0.25) is 0 Å². The summed E-state index contributed by atoms with van der Waals surface area (Å²) in [5, 5.41) is 0.